The van der Waals surface area contributed by atoms with Crippen LogP contribution in [0.25, 0.3) is 21.3 Å². The first-order chi connectivity index (χ1) is 14.5. The molecule has 0 fully saturated rings. The highest BCUT2D eigenvalue weighted by molar-refractivity contribution is 7.80. The van der Waals surface area contributed by atoms with E-state index in [1.54, 1.807) is 18.2 Å². The van der Waals surface area contributed by atoms with Crippen molar-refractivity contribution in [2.45, 2.75) is 0 Å². The van der Waals surface area contributed by atoms with E-state index >= 15 is 0 Å². The van der Waals surface area contributed by atoms with Crippen LogP contribution in [0.4, 0.5) is 10.8 Å². The third-order valence-corrected chi connectivity index (χ3v) is 5.42. The molecule has 3 aromatic carbocycles. The Labute approximate surface area is 180 Å². The van der Waals surface area contributed by atoms with Crippen molar-refractivity contribution in [1.29, 1.82) is 0 Å². The third-order valence-electron chi connectivity index (χ3n) is 4.28. The quantitative estimate of drug-likeness (QED) is 0.267. The molecule has 30 heavy (non-hydrogen) atoms. The Balaban J connectivity index is 1.42. The molecule has 9 heteroatoms. The van der Waals surface area contributed by atoms with Crippen LogP contribution in [0.2, 0.25) is 0 Å². The highest BCUT2D eigenvalue weighted by Crippen LogP contribution is 2.29. The van der Waals surface area contributed by atoms with Gasteiger partial charge in [0.2, 0.25) is 0 Å². The number of rotatable bonds is 4. The predicted octanol–water partition coefficient (Wildman–Crippen LogP) is 5.00. The van der Waals surface area contributed by atoms with Gasteiger partial charge in [0.1, 0.15) is 0 Å². The number of hydrogen-bond acceptors (Lipinski definition) is 6. The molecule has 1 heterocycles. The van der Waals surface area contributed by atoms with Crippen LogP contribution < -0.4 is 10.6 Å². The fraction of sp³-hybridized carbons (Fsp3) is 0. The van der Waals surface area contributed by atoms with Gasteiger partial charge in [-0.15, -0.1) is 0 Å². The van der Waals surface area contributed by atoms with Gasteiger partial charge in [-0.1, -0.05) is 53.8 Å². The van der Waals surface area contributed by atoms with Crippen LogP contribution in [-0.4, -0.2) is 20.9 Å². The highest BCUT2D eigenvalue weighted by Gasteiger charge is 2.13. The van der Waals surface area contributed by atoms with E-state index in [2.05, 4.69) is 15.6 Å². The molecule has 0 saturated heterocycles. The first-order valence-corrected chi connectivity index (χ1v) is 10.0. The van der Waals surface area contributed by atoms with Gasteiger partial charge in [0.05, 0.1) is 15.1 Å². The molecule has 0 unspecified atom stereocenters. The van der Waals surface area contributed by atoms with Crippen LogP contribution in [0.1, 0.15) is 10.4 Å². The number of nitro benzene ring substituents is 1. The van der Waals surface area contributed by atoms with Crippen molar-refractivity contribution in [3.63, 3.8) is 0 Å². The number of amides is 1. The Hall–Kier alpha value is -3.69. The Kier molecular flexibility index (Phi) is 5.46. The molecule has 0 aliphatic rings. The zero-order chi connectivity index (χ0) is 21.1. The van der Waals surface area contributed by atoms with E-state index in [4.69, 9.17) is 12.2 Å². The molecule has 0 aliphatic heterocycles. The smallest absolute Gasteiger partial charge is 0.270 e. The van der Waals surface area contributed by atoms with Crippen LogP contribution in [0.3, 0.4) is 0 Å². The molecule has 2 N–H and O–H groups in total. The van der Waals surface area contributed by atoms with Crippen LogP contribution in [-0.2, 0) is 0 Å². The van der Waals surface area contributed by atoms with Gasteiger partial charge < -0.3 is 5.32 Å². The van der Waals surface area contributed by atoms with Crippen molar-refractivity contribution in [3.05, 3.63) is 88.5 Å². The molecule has 148 valence electrons. The summed E-state index contributed by atoms with van der Waals surface area (Å²) in [5.74, 6) is -0.344. The maximum absolute atomic E-state index is 12.5. The normalized spacial score (nSPS) is 10.5. The van der Waals surface area contributed by atoms with Crippen molar-refractivity contribution in [2.75, 3.05) is 5.32 Å². The molecule has 4 rings (SSSR count). The molecule has 0 bridgehead atoms. The average molecular weight is 435 g/mol. The van der Waals surface area contributed by atoms with Crippen molar-refractivity contribution < 1.29 is 9.72 Å². The number of nitro groups is 1. The summed E-state index contributed by atoms with van der Waals surface area (Å²) in [6.07, 6.45) is 0. The van der Waals surface area contributed by atoms with Crippen LogP contribution in [0.15, 0.2) is 72.8 Å². The van der Waals surface area contributed by atoms with E-state index in [-0.39, 0.29) is 16.7 Å². The summed E-state index contributed by atoms with van der Waals surface area (Å²) in [5, 5.41) is 16.9. The molecule has 0 aliphatic carbocycles. The van der Waals surface area contributed by atoms with Crippen molar-refractivity contribution in [1.82, 2.24) is 10.3 Å². The van der Waals surface area contributed by atoms with Gasteiger partial charge in [-0.3, -0.25) is 20.2 Å². The Morgan fingerprint density at radius 1 is 1.00 bits per heavy atom. The van der Waals surface area contributed by atoms with Crippen molar-refractivity contribution in [2.24, 2.45) is 0 Å². The summed E-state index contributed by atoms with van der Waals surface area (Å²) in [4.78, 5) is 27.2. The molecule has 0 spiro atoms. The summed E-state index contributed by atoms with van der Waals surface area (Å²) in [6.45, 7) is 0. The van der Waals surface area contributed by atoms with Gasteiger partial charge in [-0.05, 0) is 41.5 Å². The summed E-state index contributed by atoms with van der Waals surface area (Å²) >= 11 is 6.42. The zero-order valence-electron chi connectivity index (χ0n) is 15.4. The van der Waals surface area contributed by atoms with Crippen molar-refractivity contribution >= 4 is 55.6 Å². The van der Waals surface area contributed by atoms with E-state index in [0.29, 0.717) is 20.9 Å². The first-order valence-electron chi connectivity index (χ1n) is 8.82. The number of thiocarbonyl (C=S) groups is 1. The number of non-ortho nitro benzene ring substituents is 1. The SMILES string of the molecule is O=C(NC(=S)Nc1nc2ccc([N+](=O)[O-])cc2s1)c1ccc(-c2ccccc2)cc1. The minimum atomic E-state index is -0.458. The lowest BCUT2D eigenvalue weighted by Gasteiger charge is -2.08. The van der Waals surface area contributed by atoms with Gasteiger partial charge in [-0.25, -0.2) is 4.98 Å². The summed E-state index contributed by atoms with van der Waals surface area (Å²) in [6, 6.07) is 21.5. The second-order valence-electron chi connectivity index (χ2n) is 6.28. The van der Waals surface area contributed by atoms with Gasteiger partial charge >= 0.3 is 0 Å². The molecular weight excluding hydrogens is 420 g/mol. The molecule has 1 amide bonds. The Bertz CT molecular complexity index is 1250. The molecule has 0 saturated carbocycles. The number of anilines is 1. The Morgan fingerprint density at radius 3 is 2.40 bits per heavy atom. The number of fused-ring (bicyclic) bond motifs is 1. The van der Waals surface area contributed by atoms with E-state index in [9.17, 15) is 14.9 Å². The van der Waals surface area contributed by atoms with Crippen LogP contribution in [0.5, 0.6) is 0 Å². The fourth-order valence-corrected chi connectivity index (χ4v) is 3.99. The molecule has 0 atom stereocenters. The maximum Gasteiger partial charge on any atom is 0.270 e. The third kappa shape index (κ3) is 4.32. The lowest BCUT2D eigenvalue weighted by atomic mass is 10.0. The summed E-state index contributed by atoms with van der Waals surface area (Å²) < 4.78 is 0.650. The van der Waals surface area contributed by atoms with E-state index in [1.807, 2.05) is 42.5 Å². The maximum atomic E-state index is 12.5. The molecule has 7 nitrogen and oxygen atoms in total. The standard InChI is InChI=1S/C21H14N4O3S2/c26-19(15-8-6-14(7-9-15)13-4-2-1-3-5-13)23-20(29)24-21-22-17-11-10-16(25(27)28)12-18(17)30-21/h1-12H,(H2,22,23,24,26,29). The predicted molar refractivity (Wildman–Crippen MR) is 122 cm³/mol. The Morgan fingerprint density at radius 2 is 1.70 bits per heavy atom. The minimum absolute atomic E-state index is 0.00692. The lowest BCUT2D eigenvalue weighted by Crippen LogP contribution is -2.34. The van der Waals surface area contributed by atoms with Crippen molar-refractivity contribution in [3.8, 4) is 11.1 Å². The van der Waals surface area contributed by atoms with E-state index in [1.165, 1.54) is 23.5 Å². The lowest BCUT2D eigenvalue weighted by molar-refractivity contribution is -0.384. The van der Waals surface area contributed by atoms with Gasteiger partial charge in [0.25, 0.3) is 11.6 Å². The van der Waals surface area contributed by atoms with E-state index < -0.39 is 4.92 Å². The van der Waals surface area contributed by atoms with Gasteiger partial charge in [-0.2, -0.15) is 0 Å². The van der Waals surface area contributed by atoms with E-state index in [0.717, 1.165) is 11.1 Å². The topological polar surface area (TPSA) is 97.2 Å². The van der Waals surface area contributed by atoms with Gasteiger partial charge in [0.15, 0.2) is 10.2 Å². The number of carbonyl (C=O) groups excluding carboxylic acids is 1. The highest BCUT2D eigenvalue weighted by atomic mass is 32.1. The number of nitrogens with one attached hydrogen (secondary N) is 2. The molecular formula is C21H14N4O3S2. The summed E-state index contributed by atoms with van der Waals surface area (Å²) in [5.41, 5.74) is 3.15. The number of aromatic nitrogens is 1. The van der Waals surface area contributed by atoms with Crippen LogP contribution >= 0.6 is 23.6 Å². The largest absolute Gasteiger partial charge is 0.308 e. The zero-order valence-corrected chi connectivity index (χ0v) is 17.0. The molecule has 0 radical (unpaired) electrons. The number of carbonyl (C=O) groups is 1. The number of thiazole rings is 1. The minimum Gasteiger partial charge on any atom is -0.308 e. The monoisotopic (exact) mass is 434 g/mol. The first kappa shape index (κ1) is 19.6. The summed E-state index contributed by atoms with van der Waals surface area (Å²) in [7, 11) is 0. The average Bonchev–Trinajstić information content (AvgIpc) is 3.15. The fourth-order valence-electron chi connectivity index (χ4n) is 2.83. The number of hydrogen-bond donors (Lipinski definition) is 2. The number of benzene rings is 3. The molecule has 1 aromatic heterocycles. The number of nitrogens with zero attached hydrogens (tertiary/aromatic N) is 2. The van der Waals surface area contributed by atoms with Crippen LogP contribution in [0, 0.1) is 10.1 Å². The second-order valence-corrected chi connectivity index (χ2v) is 7.72. The van der Waals surface area contributed by atoms with Gasteiger partial charge in [0, 0.05) is 17.7 Å². The second kappa shape index (κ2) is 8.36. The molecule has 4 aromatic rings.